The van der Waals surface area contributed by atoms with Crippen LogP contribution in [0, 0.1) is 0 Å². The van der Waals surface area contributed by atoms with Gasteiger partial charge in [-0.2, -0.15) is 0 Å². The molecule has 1 N–H and O–H groups in total. The third-order valence-electron chi connectivity index (χ3n) is 4.65. The van der Waals surface area contributed by atoms with Crippen LogP contribution in [0.15, 0.2) is 54.6 Å². The van der Waals surface area contributed by atoms with Crippen molar-refractivity contribution in [2.24, 2.45) is 0 Å². The molecule has 2 aromatic carbocycles. The van der Waals surface area contributed by atoms with Gasteiger partial charge in [-0.15, -0.1) is 0 Å². The van der Waals surface area contributed by atoms with E-state index in [1.165, 1.54) is 0 Å². The smallest absolute Gasteiger partial charge is 0.252 e. The molecule has 5 nitrogen and oxygen atoms in total. The van der Waals surface area contributed by atoms with Crippen LogP contribution in [0.25, 0.3) is 0 Å². The van der Waals surface area contributed by atoms with Crippen molar-refractivity contribution >= 4 is 11.8 Å². The molecule has 1 fully saturated rings. The van der Waals surface area contributed by atoms with Crippen LogP contribution >= 0.6 is 0 Å². The predicted molar refractivity (Wildman–Crippen MR) is 100 cm³/mol. The number of methoxy groups -OCH3 is 1. The third-order valence-corrected chi connectivity index (χ3v) is 4.65. The number of carbonyl (C=O) groups is 2. The Labute approximate surface area is 154 Å². The van der Waals surface area contributed by atoms with Gasteiger partial charge in [0, 0.05) is 18.7 Å². The zero-order valence-corrected chi connectivity index (χ0v) is 15.0. The highest BCUT2D eigenvalue weighted by Gasteiger charge is 2.28. The van der Waals surface area contributed by atoms with Gasteiger partial charge in [-0.3, -0.25) is 9.59 Å². The number of piperidine rings is 1. The number of carbonyl (C=O) groups excluding carboxylic acids is 2. The molecule has 3 rings (SSSR count). The van der Waals surface area contributed by atoms with Crippen molar-refractivity contribution in [3.05, 3.63) is 65.7 Å². The first-order valence-corrected chi connectivity index (χ1v) is 8.97. The third kappa shape index (κ3) is 4.23. The van der Waals surface area contributed by atoms with E-state index in [4.69, 9.17) is 4.74 Å². The van der Waals surface area contributed by atoms with E-state index in [9.17, 15) is 9.59 Å². The number of amides is 2. The first-order chi connectivity index (χ1) is 12.7. The van der Waals surface area contributed by atoms with E-state index in [0.29, 0.717) is 11.3 Å². The summed E-state index contributed by atoms with van der Waals surface area (Å²) in [5.74, 6) is 0.270. The van der Waals surface area contributed by atoms with Crippen LogP contribution in [-0.4, -0.2) is 36.9 Å². The summed E-state index contributed by atoms with van der Waals surface area (Å²) in [5.41, 5.74) is 1.26. The van der Waals surface area contributed by atoms with Gasteiger partial charge in [0.2, 0.25) is 5.91 Å². The number of benzene rings is 2. The molecule has 2 amide bonds. The maximum Gasteiger partial charge on any atom is 0.252 e. The minimum atomic E-state index is -0.687. The number of ether oxygens (including phenoxy) is 1. The number of hydrogen-bond donors (Lipinski definition) is 1. The molecule has 0 bridgehead atoms. The Hall–Kier alpha value is -2.82. The van der Waals surface area contributed by atoms with Crippen LogP contribution in [0.4, 0.5) is 0 Å². The highest BCUT2D eigenvalue weighted by atomic mass is 16.5. The van der Waals surface area contributed by atoms with E-state index in [-0.39, 0.29) is 11.8 Å². The topological polar surface area (TPSA) is 58.6 Å². The molecule has 1 heterocycles. The summed E-state index contributed by atoms with van der Waals surface area (Å²) >= 11 is 0. The van der Waals surface area contributed by atoms with Crippen LogP contribution < -0.4 is 10.1 Å². The van der Waals surface area contributed by atoms with Gasteiger partial charge in [0.05, 0.1) is 7.11 Å². The minimum Gasteiger partial charge on any atom is -0.497 e. The maximum absolute atomic E-state index is 13.1. The Morgan fingerprint density at radius 3 is 2.42 bits per heavy atom. The van der Waals surface area contributed by atoms with Gasteiger partial charge in [-0.25, -0.2) is 0 Å². The predicted octanol–water partition coefficient (Wildman–Crippen LogP) is 3.18. The fourth-order valence-electron chi connectivity index (χ4n) is 3.21. The van der Waals surface area contributed by atoms with E-state index < -0.39 is 6.04 Å². The molecule has 0 radical (unpaired) electrons. The van der Waals surface area contributed by atoms with Crippen LogP contribution in [0.2, 0.25) is 0 Å². The molecule has 0 unspecified atom stereocenters. The molecular formula is C21H24N2O3. The fourth-order valence-corrected chi connectivity index (χ4v) is 3.21. The van der Waals surface area contributed by atoms with E-state index in [1.54, 1.807) is 31.4 Å². The molecule has 136 valence electrons. The summed E-state index contributed by atoms with van der Waals surface area (Å²) in [5, 5.41) is 2.91. The summed E-state index contributed by atoms with van der Waals surface area (Å²) in [6.45, 7) is 1.49. The van der Waals surface area contributed by atoms with Gasteiger partial charge in [-0.1, -0.05) is 36.4 Å². The molecule has 2 aromatic rings. The molecular weight excluding hydrogens is 328 g/mol. The fraction of sp³-hybridized carbons (Fsp3) is 0.333. The quantitative estimate of drug-likeness (QED) is 0.899. The number of likely N-dealkylation sites (tertiary alicyclic amines) is 1. The van der Waals surface area contributed by atoms with Crippen molar-refractivity contribution in [2.75, 3.05) is 20.2 Å². The molecule has 0 spiro atoms. The molecule has 0 aliphatic carbocycles. The van der Waals surface area contributed by atoms with E-state index in [1.807, 2.05) is 35.2 Å². The first-order valence-electron chi connectivity index (χ1n) is 8.97. The van der Waals surface area contributed by atoms with E-state index in [0.717, 1.165) is 37.9 Å². The lowest BCUT2D eigenvalue weighted by Gasteiger charge is -2.31. The summed E-state index contributed by atoms with van der Waals surface area (Å²) in [7, 11) is 1.56. The largest absolute Gasteiger partial charge is 0.497 e. The second-order valence-electron chi connectivity index (χ2n) is 6.44. The standard InChI is InChI=1S/C21H24N2O3/c1-26-18-12-8-11-17(15-18)20(24)22-19(16-9-4-2-5-10-16)21(25)23-13-6-3-7-14-23/h2,4-5,8-12,15,19H,3,6-7,13-14H2,1H3,(H,22,24)/t19-/m0/s1. The van der Waals surface area contributed by atoms with E-state index >= 15 is 0 Å². The lowest BCUT2D eigenvalue weighted by Crippen LogP contribution is -2.45. The SMILES string of the molecule is COc1cccc(C(=O)N[C@H](C(=O)N2CCCCC2)c2ccccc2)c1. The average molecular weight is 352 g/mol. The van der Waals surface area contributed by atoms with Crippen LogP contribution in [0.5, 0.6) is 5.75 Å². The van der Waals surface area contributed by atoms with Gasteiger partial charge in [0.1, 0.15) is 11.8 Å². The van der Waals surface area contributed by atoms with Crippen molar-refractivity contribution in [1.82, 2.24) is 10.2 Å². The molecule has 1 aliphatic heterocycles. The maximum atomic E-state index is 13.1. The summed E-state index contributed by atoms with van der Waals surface area (Å²) in [6, 6.07) is 15.6. The normalized spacial score (nSPS) is 15.2. The monoisotopic (exact) mass is 352 g/mol. The second kappa shape index (κ2) is 8.52. The number of nitrogens with zero attached hydrogens (tertiary/aromatic N) is 1. The average Bonchev–Trinajstić information content (AvgIpc) is 2.72. The number of nitrogens with one attached hydrogen (secondary N) is 1. The highest BCUT2D eigenvalue weighted by Crippen LogP contribution is 2.20. The lowest BCUT2D eigenvalue weighted by atomic mass is 10.0. The zero-order valence-electron chi connectivity index (χ0n) is 15.0. The summed E-state index contributed by atoms with van der Waals surface area (Å²) in [6.07, 6.45) is 3.17. The van der Waals surface area contributed by atoms with Gasteiger partial charge in [0.15, 0.2) is 0 Å². The molecule has 1 saturated heterocycles. The van der Waals surface area contributed by atoms with Crippen LogP contribution in [-0.2, 0) is 4.79 Å². The van der Waals surface area contributed by atoms with Crippen molar-refractivity contribution in [3.63, 3.8) is 0 Å². The van der Waals surface area contributed by atoms with Crippen molar-refractivity contribution in [2.45, 2.75) is 25.3 Å². The Bertz CT molecular complexity index is 755. The second-order valence-corrected chi connectivity index (χ2v) is 6.44. The van der Waals surface area contributed by atoms with Crippen molar-refractivity contribution < 1.29 is 14.3 Å². The molecule has 5 heteroatoms. The van der Waals surface area contributed by atoms with Gasteiger partial charge < -0.3 is 15.0 Å². The Morgan fingerprint density at radius 2 is 1.73 bits per heavy atom. The molecule has 26 heavy (non-hydrogen) atoms. The van der Waals surface area contributed by atoms with Crippen LogP contribution in [0.1, 0.15) is 41.2 Å². The summed E-state index contributed by atoms with van der Waals surface area (Å²) in [4.78, 5) is 27.7. The molecule has 0 aromatic heterocycles. The molecule has 1 aliphatic rings. The van der Waals surface area contributed by atoms with Crippen molar-refractivity contribution in [1.29, 1.82) is 0 Å². The lowest BCUT2D eigenvalue weighted by molar-refractivity contribution is -0.134. The van der Waals surface area contributed by atoms with Gasteiger partial charge in [-0.05, 0) is 43.0 Å². The van der Waals surface area contributed by atoms with Crippen LogP contribution in [0.3, 0.4) is 0 Å². The Kier molecular flexibility index (Phi) is 5.89. The van der Waals surface area contributed by atoms with Gasteiger partial charge >= 0.3 is 0 Å². The molecule has 0 saturated carbocycles. The Balaban J connectivity index is 1.83. The Morgan fingerprint density at radius 1 is 1.00 bits per heavy atom. The van der Waals surface area contributed by atoms with E-state index in [2.05, 4.69) is 5.32 Å². The van der Waals surface area contributed by atoms with Gasteiger partial charge in [0.25, 0.3) is 5.91 Å². The zero-order chi connectivity index (χ0) is 18.4. The minimum absolute atomic E-state index is 0.0489. The number of hydrogen-bond acceptors (Lipinski definition) is 3. The number of rotatable bonds is 5. The van der Waals surface area contributed by atoms with Crippen molar-refractivity contribution in [3.8, 4) is 5.75 Å². The summed E-state index contributed by atoms with van der Waals surface area (Å²) < 4.78 is 5.18. The highest BCUT2D eigenvalue weighted by molar-refractivity contribution is 5.98. The molecule has 1 atom stereocenters. The first kappa shape index (κ1) is 18.0.